The number of carbonyl (C=O) groups excluding carboxylic acids is 1. The molecule has 0 bridgehead atoms. The standard InChI is InChI=1S/C18H17BrClN3O2/c1-11-8-12(2)23(22-11)16(17-4-3-7-25-17)10-21-18(24)14-9-13(19)5-6-15(14)20/h3-9,16H,10H2,1-2H3,(H,21,24). The first kappa shape index (κ1) is 17.8. The van der Waals surface area contributed by atoms with Gasteiger partial charge in [0, 0.05) is 16.7 Å². The zero-order valence-electron chi connectivity index (χ0n) is 13.8. The zero-order valence-corrected chi connectivity index (χ0v) is 16.1. The smallest absolute Gasteiger partial charge is 0.252 e. The molecule has 0 saturated heterocycles. The third kappa shape index (κ3) is 3.96. The topological polar surface area (TPSA) is 60.1 Å². The number of benzene rings is 1. The molecule has 0 fully saturated rings. The van der Waals surface area contributed by atoms with E-state index < -0.39 is 0 Å². The predicted molar refractivity (Wildman–Crippen MR) is 100 cm³/mol. The third-order valence-corrected chi connectivity index (χ3v) is 4.66. The Balaban J connectivity index is 1.83. The van der Waals surface area contributed by atoms with Gasteiger partial charge in [0.25, 0.3) is 5.91 Å². The summed E-state index contributed by atoms with van der Waals surface area (Å²) >= 11 is 9.49. The molecule has 0 aliphatic carbocycles. The van der Waals surface area contributed by atoms with E-state index in [4.69, 9.17) is 16.0 Å². The Morgan fingerprint density at radius 2 is 2.16 bits per heavy atom. The van der Waals surface area contributed by atoms with Gasteiger partial charge in [-0.15, -0.1) is 0 Å². The number of hydrogen-bond donors (Lipinski definition) is 1. The normalized spacial score (nSPS) is 12.2. The van der Waals surface area contributed by atoms with Crippen LogP contribution in [0.3, 0.4) is 0 Å². The van der Waals surface area contributed by atoms with Crippen molar-refractivity contribution in [2.24, 2.45) is 0 Å². The van der Waals surface area contributed by atoms with Crippen molar-refractivity contribution in [2.75, 3.05) is 6.54 Å². The van der Waals surface area contributed by atoms with E-state index in [9.17, 15) is 4.79 Å². The second kappa shape index (κ2) is 7.45. The van der Waals surface area contributed by atoms with Gasteiger partial charge in [-0.25, -0.2) is 0 Å². The Hall–Kier alpha value is -2.05. The highest BCUT2D eigenvalue weighted by Gasteiger charge is 2.21. The summed E-state index contributed by atoms with van der Waals surface area (Å²) in [5, 5.41) is 7.85. The Morgan fingerprint density at radius 1 is 1.36 bits per heavy atom. The summed E-state index contributed by atoms with van der Waals surface area (Å²) < 4.78 is 8.20. The maximum absolute atomic E-state index is 12.5. The number of nitrogens with one attached hydrogen (secondary N) is 1. The van der Waals surface area contributed by atoms with Gasteiger partial charge in [0.2, 0.25) is 0 Å². The van der Waals surface area contributed by atoms with Crippen LogP contribution in [0.1, 0.15) is 33.5 Å². The number of carbonyl (C=O) groups is 1. The monoisotopic (exact) mass is 421 g/mol. The zero-order chi connectivity index (χ0) is 18.0. The molecule has 1 aromatic carbocycles. The van der Waals surface area contributed by atoms with E-state index in [1.165, 1.54) is 0 Å². The van der Waals surface area contributed by atoms with Gasteiger partial charge in [-0.1, -0.05) is 27.5 Å². The number of rotatable bonds is 5. The molecule has 1 N–H and O–H groups in total. The van der Waals surface area contributed by atoms with Crippen molar-refractivity contribution >= 4 is 33.4 Å². The molecule has 7 heteroatoms. The van der Waals surface area contributed by atoms with Gasteiger partial charge < -0.3 is 9.73 Å². The quantitative estimate of drug-likeness (QED) is 0.657. The Bertz CT molecular complexity index is 890. The van der Waals surface area contributed by atoms with Crippen LogP contribution in [0, 0.1) is 13.8 Å². The first-order chi connectivity index (χ1) is 12.0. The van der Waals surface area contributed by atoms with Gasteiger partial charge >= 0.3 is 0 Å². The van der Waals surface area contributed by atoms with E-state index >= 15 is 0 Å². The molecule has 0 aliphatic rings. The van der Waals surface area contributed by atoms with Crippen LogP contribution in [-0.2, 0) is 0 Å². The number of aromatic nitrogens is 2. The lowest BCUT2D eigenvalue weighted by atomic mass is 10.2. The van der Waals surface area contributed by atoms with E-state index in [-0.39, 0.29) is 11.9 Å². The summed E-state index contributed by atoms with van der Waals surface area (Å²) in [6.07, 6.45) is 1.61. The third-order valence-electron chi connectivity index (χ3n) is 3.84. The van der Waals surface area contributed by atoms with Gasteiger partial charge in [-0.05, 0) is 50.2 Å². The average molecular weight is 423 g/mol. The fourth-order valence-electron chi connectivity index (χ4n) is 2.71. The Labute approximate surface area is 159 Å². The van der Waals surface area contributed by atoms with Crippen molar-refractivity contribution in [2.45, 2.75) is 19.9 Å². The molecule has 0 saturated carbocycles. The van der Waals surface area contributed by atoms with E-state index in [0.29, 0.717) is 17.1 Å². The van der Waals surface area contributed by atoms with Crippen LogP contribution >= 0.6 is 27.5 Å². The molecule has 0 spiro atoms. The molecule has 5 nitrogen and oxygen atoms in total. The van der Waals surface area contributed by atoms with Crippen LogP contribution in [0.25, 0.3) is 0 Å². The van der Waals surface area contributed by atoms with Gasteiger partial charge in [-0.3, -0.25) is 9.48 Å². The van der Waals surface area contributed by atoms with E-state index in [1.807, 2.05) is 36.7 Å². The van der Waals surface area contributed by atoms with Gasteiger partial charge in [0.15, 0.2) is 0 Å². The summed E-state index contributed by atoms with van der Waals surface area (Å²) in [5.74, 6) is 0.483. The van der Waals surface area contributed by atoms with E-state index in [0.717, 1.165) is 21.6 Å². The summed E-state index contributed by atoms with van der Waals surface area (Å²) in [5.41, 5.74) is 2.33. The molecule has 2 heterocycles. The lowest BCUT2D eigenvalue weighted by molar-refractivity contribution is 0.0948. The molecule has 3 rings (SSSR count). The van der Waals surface area contributed by atoms with Gasteiger partial charge in [0.1, 0.15) is 11.8 Å². The van der Waals surface area contributed by atoms with Crippen LogP contribution in [0.5, 0.6) is 0 Å². The largest absolute Gasteiger partial charge is 0.467 e. The average Bonchev–Trinajstić information content (AvgIpc) is 3.20. The van der Waals surface area contributed by atoms with Crippen molar-refractivity contribution < 1.29 is 9.21 Å². The molecular formula is C18H17BrClN3O2. The number of halogens is 2. The van der Waals surface area contributed by atoms with E-state index in [1.54, 1.807) is 24.5 Å². The lowest BCUT2D eigenvalue weighted by Gasteiger charge is -2.18. The number of amides is 1. The molecule has 2 aromatic heterocycles. The van der Waals surface area contributed by atoms with Crippen molar-refractivity contribution in [3.8, 4) is 0 Å². The van der Waals surface area contributed by atoms with Crippen molar-refractivity contribution in [1.29, 1.82) is 0 Å². The van der Waals surface area contributed by atoms with Gasteiger partial charge in [0.05, 0.1) is 22.5 Å². The fourth-order valence-corrected chi connectivity index (χ4v) is 3.27. The maximum atomic E-state index is 12.5. The van der Waals surface area contributed by atoms with Crippen LogP contribution in [0.4, 0.5) is 0 Å². The number of furan rings is 1. The van der Waals surface area contributed by atoms with Gasteiger partial charge in [-0.2, -0.15) is 5.10 Å². The second-order valence-corrected chi connectivity index (χ2v) is 7.06. The Kier molecular flexibility index (Phi) is 5.30. The van der Waals surface area contributed by atoms with Crippen LogP contribution in [0.15, 0.2) is 51.6 Å². The van der Waals surface area contributed by atoms with Crippen LogP contribution in [-0.4, -0.2) is 22.2 Å². The predicted octanol–water partition coefficient (Wildman–Crippen LogP) is 4.53. The number of hydrogen-bond acceptors (Lipinski definition) is 3. The summed E-state index contributed by atoms with van der Waals surface area (Å²) in [4.78, 5) is 12.5. The molecule has 0 aliphatic heterocycles. The molecule has 25 heavy (non-hydrogen) atoms. The molecule has 1 unspecified atom stereocenters. The SMILES string of the molecule is Cc1cc(C)n(C(CNC(=O)c2cc(Br)ccc2Cl)c2ccco2)n1. The minimum Gasteiger partial charge on any atom is -0.467 e. The van der Waals surface area contributed by atoms with Crippen molar-refractivity contribution in [1.82, 2.24) is 15.1 Å². The lowest BCUT2D eigenvalue weighted by Crippen LogP contribution is -2.32. The van der Waals surface area contributed by atoms with E-state index in [2.05, 4.69) is 26.3 Å². The first-order valence-electron chi connectivity index (χ1n) is 7.75. The Morgan fingerprint density at radius 3 is 2.80 bits per heavy atom. The molecule has 0 radical (unpaired) electrons. The highest BCUT2D eigenvalue weighted by Crippen LogP contribution is 2.23. The molecule has 130 valence electrons. The van der Waals surface area contributed by atoms with Crippen LogP contribution in [0.2, 0.25) is 5.02 Å². The maximum Gasteiger partial charge on any atom is 0.252 e. The van der Waals surface area contributed by atoms with Crippen molar-refractivity contribution in [3.63, 3.8) is 0 Å². The number of nitrogens with zero attached hydrogens (tertiary/aromatic N) is 2. The second-order valence-electron chi connectivity index (χ2n) is 5.74. The molecule has 1 amide bonds. The highest BCUT2D eigenvalue weighted by atomic mass is 79.9. The van der Waals surface area contributed by atoms with Crippen LogP contribution < -0.4 is 5.32 Å². The summed E-state index contributed by atoms with van der Waals surface area (Å²) in [6.45, 7) is 4.24. The molecular weight excluding hydrogens is 406 g/mol. The number of aryl methyl sites for hydroxylation is 2. The molecule has 1 atom stereocenters. The van der Waals surface area contributed by atoms with Crippen molar-refractivity contribution in [3.05, 3.63) is 74.9 Å². The highest BCUT2D eigenvalue weighted by molar-refractivity contribution is 9.10. The fraction of sp³-hybridized carbons (Fsp3) is 0.222. The molecule has 3 aromatic rings. The summed E-state index contributed by atoms with van der Waals surface area (Å²) in [6, 6.07) is 10.6. The first-order valence-corrected chi connectivity index (χ1v) is 8.92. The summed E-state index contributed by atoms with van der Waals surface area (Å²) in [7, 11) is 0. The minimum absolute atomic E-state index is 0.237. The minimum atomic E-state index is -0.246.